The van der Waals surface area contributed by atoms with Crippen molar-refractivity contribution in [1.29, 1.82) is 0 Å². The fourth-order valence-corrected chi connectivity index (χ4v) is 5.47. The molecule has 1 amide bonds. The largest absolute Gasteiger partial charge is 0.699 e. The van der Waals surface area contributed by atoms with E-state index in [0.717, 1.165) is 0 Å². The van der Waals surface area contributed by atoms with Crippen LogP contribution in [0.1, 0.15) is 13.3 Å². The van der Waals surface area contributed by atoms with E-state index in [2.05, 4.69) is 5.32 Å². The molecule has 3 aromatic rings. The molecule has 0 radical (unpaired) electrons. The highest BCUT2D eigenvalue weighted by molar-refractivity contribution is 6.63. The van der Waals surface area contributed by atoms with Gasteiger partial charge in [-0.3, -0.25) is 4.79 Å². The Labute approximate surface area is 184 Å². The fraction of sp³-hybridized carbons (Fsp3) is 0.160. The second kappa shape index (κ2) is 11.6. The summed E-state index contributed by atoms with van der Waals surface area (Å²) in [6, 6.07) is 29.1. The van der Waals surface area contributed by atoms with E-state index >= 15 is 0 Å². The van der Waals surface area contributed by atoms with Crippen LogP contribution in [0.25, 0.3) is 0 Å². The van der Waals surface area contributed by atoms with Crippen LogP contribution in [0.4, 0.5) is 0 Å². The number of carbonyl (C=O) groups is 1. The van der Waals surface area contributed by atoms with Crippen molar-refractivity contribution in [2.24, 2.45) is 0 Å². The van der Waals surface area contributed by atoms with Crippen molar-refractivity contribution >= 4 is 14.7 Å². The lowest BCUT2D eigenvalue weighted by Crippen LogP contribution is -2.55. The molecule has 31 heavy (non-hydrogen) atoms. The first-order valence-electron chi connectivity index (χ1n) is 10.3. The molecule has 1 N–H and O–H groups in total. The van der Waals surface area contributed by atoms with Gasteiger partial charge in [-0.25, -0.2) is 0 Å². The molecule has 3 rings (SSSR count). The molecular weight excluding hydrogens is 406 g/mol. The van der Waals surface area contributed by atoms with Crippen molar-refractivity contribution in [3.8, 4) is 17.2 Å². The normalized spacial score (nSPS) is 11.1. The van der Waals surface area contributed by atoms with Gasteiger partial charge in [0.2, 0.25) is 5.91 Å². The number of amides is 1. The van der Waals surface area contributed by atoms with Crippen LogP contribution in [0.2, 0.25) is 6.04 Å². The van der Waals surface area contributed by atoms with Gasteiger partial charge in [-0.2, -0.15) is 0 Å². The summed E-state index contributed by atoms with van der Waals surface area (Å²) in [6.07, 6.45) is 3.86. The fourth-order valence-electron chi connectivity index (χ4n) is 2.95. The van der Waals surface area contributed by atoms with Crippen LogP contribution in [0, 0.1) is 0 Å². The Bertz CT molecular complexity index is 848. The first-order valence-corrected chi connectivity index (χ1v) is 12.2. The predicted molar refractivity (Wildman–Crippen MR) is 124 cm³/mol. The lowest BCUT2D eigenvalue weighted by molar-refractivity contribution is -0.116. The van der Waals surface area contributed by atoms with Crippen molar-refractivity contribution in [2.45, 2.75) is 19.4 Å². The molecule has 0 saturated heterocycles. The van der Waals surface area contributed by atoms with E-state index in [9.17, 15) is 4.79 Å². The lowest BCUT2D eigenvalue weighted by atomic mass is 10.3. The summed E-state index contributed by atoms with van der Waals surface area (Å²) in [7, 11) is -3.28. The zero-order valence-electron chi connectivity index (χ0n) is 17.6. The molecule has 0 aromatic heterocycles. The summed E-state index contributed by atoms with van der Waals surface area (Å²) in [6.45, 7) is 2.30. The maximum Gasteiger partial charge on any atom is 0.699 e. The number of nitrogens with one attached hydrogen (secondary N) is 1. The van der Waals surface area contributed by atoms with Crippen molar-refractivity contribution in [3.05, 3.63) is 103 Å². The summed E-state index contributed by atoms with van der Waals surface area (Å²) in [5.74, 6) is 1.92. The Morgan fingerprint density at radius 1 is 0.774 bits per heavy atom. The molecule has 0 saturated carbocycles. The summed E-state index contributed by atoms with van der Waals surface area (Å²) < 4.78 is 19.3. The third-order valence-corrected chi connectivity index (χ3v) is 6.93. The van der Waals surface area contributed by atoms with Crippen LogP contribution < -0.4 is 18.6 Å². The van der Waals surface area contributed by atoms with Crippen LogP contribution in [0.15, 0.2) is 103 Å². The first-order chi connectivity index (χ1) is 15.2. The third-order valence-electron chi connectivity index (χ3n) is 4.33. The zero-order chi connectivity index (χ0) is 21.8. The van der Waals surface area contributed by atoms with Gasteiger partial charge < -0.3 is 18.6 Å². The molecule has 0 atom stereocenters. The average Bonchev–Trinajstić information content (AvgIpc) is 2.79. The van der Waals surface area contributed by atoms with Gasteiger partial charge in [0.1, 0.15) is 17.2 Å². The minimum Gasteiger partial charge on any atom is -0.483 e. The van der Waals surface area contributed by atoms with Crippen LogP contribution >= 0.6 is 0 Å². The number of hydrogen-bond donors (Lipinski definition) is 1. The van der Waals surface area contributed by atoms with Crippen LogP contribution in [0.3, 0.4) is 0 Å². The van der Waals surface area contributed by atoms with Gasteiger partial charge in [-0.15, -0.1) is 0 Å². The highest BCUT2D eigenvalue weighted by Crippen LogP contribution is 2.27. The number of para-hydroxylation sites is 3. The standard InChI is InChI=1S/C25H27NO4Si/c1-2-13-25(27)26-20-12-21-31(28-22-14-6-3-7-15-22,29-23-16-8-4-9-17-23)30-24-18-10-5-11-19-24/h2-11,13-19H,12,20-21H2,1H3,(H,26,27). The number of carbonyl (C=O) groups excluding carboxylic acids is 1. The van der Waals surface area contributed by atoms with Gasteiger partial charge in [-0.05, 0) is 55.8 Å². The van der Waals surface area contributed by atoms with Crippen molar-refractivity contribution < 1.29 is 18.1 Å². The topological polar surface area (TPSA) is 56.8 Å². The van der Waals surface area contributed by atoms with Crippen LogP contribution in [0.5, 0.6) is 17.2 Å². The minimum absolute atomic E-state index is 0.119. The van der Waals surface area contributed by atoms with Crippen LogP contribution in [-0.4, -0.2) is 21.3 Å². The smallest absolute Gasteiger partial charge is 0.483 e. The third kappa shape index (κ3) is 7.35. The summed E-state index contributed by atoms with van der Waals surface area (Å²) in [5, 5.41) is 2.88. The maximum atomic E-state index is 11.8. The maximum absolute atomic E-state index is 11.8. The summed E-state index contributed by atoms with van der Waals surface area (Å²) in [4.78, 5) is 11.8. The van der Waals surface area contributed by atoms with Gasteiger partial charge in [0, 0.05) is 6.54 Å². The average molecular weight is 434 g/mol. The SMILES string of the molecule is CC=CC(=O)NCCC[Si](Oc1ccccc1)(Oc1ccccc1)Oc1ccccc1. The van der Waals surface area contributed by atoms with E-state index in [1.807, 2.05) is 97.9 Å². The Hall–Kier alpha value is -3.51. The van der Waals surface area contributed by atoms with Crippen molar-refractivity contribution in [1.82, 2.24) is 5.32 Å². The van der Waals surface area contributed by atoms with Gasteiger partial charge in [0.25, 0.3) is 0 Å². The Morgan fingerprint density at radius 2 is 1.19 bits per heavy atom. The molecule has 5 nitrogen and oxygen atoms in total. The van der Waals surface area contributed by atoms with Crippen molar-refractivity contribution in [2.75, 3.05) is 6.54 Å². The molecule has 3 aromatic carbocycles. The number of hydrogen-bond acceptors (Lipinski definition) is 4. The minimum atomic E-state index is -3.28. The first kappa shape index (κ1) is 22.2. The van der Waals surface area contributed by atoms with E-state index in [4.69, 9.17) is 13.3 Å². The molecular formula is C25H27NO4Si. The molecule has 0 fully saturated rings. The van der Waals surface area contributed by atoms with Gasteiger partial charge in [-0.1, -0.05) is 60.7 Å². The highest BCUT2D eigenvalue weighted by atomic mass is 28.4. The number of rotatable bonds is 11. The molecule has 0 aliphatic rings. The molecule has 0 heterocycles. The summed E-state index contributed by atoms with van der Waals surface area (Å²) in [5.41, 5.74) is 0. The van der Waals surface area contributed by atoms with E-state index in [0.29, 0.717) is 36.3 Å². The van der Waals surface area contributed by atoms with Crippen LogP contribution in [-0.2, 0) is 4.79 Å². The second-order valence-corrected chi connectivity index (χ2v) is 9.30. The lowest BCUT2D eigenvalue weighted by Gasteiger charge is -2.30. The zero-order valence-corrected chi connectivity index (χ0v) is 18.6. The van der Waals surface area contributed by atoms with Gasteiger partial charge >= 0.3 is 8.80 Å². The second-order valence-electron chi connectivity index (χ2n) is 6.82. The molecule has 0 spiro atoms. The molecule has 160 valence electrons. The molecule has 0 aliphatic heterocycles. The van der Waals surface area contributed by atoms with E-state index in [1.165, 1.54) is 6.08 Å². The number of benzene rings is 3. The van der Waals surface area contributed by atoms with Gasteiger partial charge in [0.05, 0.1) is 6.04 Å². The molecule has 0 unspecified atom stereocenters. The monoisotopic (exact) mass is 433 g/mol. The van der Waals surface area contributed by atoms with E-state index in [1.54, 1.807) is 6.08 Å². The summed E-state index contributed by atoms with van der Waals surface area (Å²) >= 11 is 0. The predicted octanol–water partition coefficient (Wildman–Crippen LogP) is 5.24. The quantitative estimate of drug-likeness (QED) is 0.255. The van der Waals surface area contributed by atoms with Gasteiger partial charge in [0.15, 0.2) is 0 Å². The van der Waals surface area contributed by atoms with E-state index < -0.39 is 8.80 Å². The Balaban J connectivity index is 1.85. The Morgan fingerprint density at radius 3 is 1.58 bits per heavy atom. The number of allylic oxidation sites excluding steroid dienone is 1. The molecule has 0 aliphatic carbocycles. The van der Waals surface area contributed by atoms with E-state index in [-0.39, 0.29) is 5.91 Å². The highest BCUT2D eigenvalue weighted by Gasteiger charge is 2.48. The van der Waals surface area contributed by atoms with Crippen molar-refractivity contribution in [3.63, 3.8) is 0 Å². The molecule has 0 bridgehead atoms. The molecule has 6 heteroatoms. The Kier molecular flexibility index (Phi) is 8.31.